The Morgan fingerprint density at radius 3 is 2.38 bits per heavy atom. The predicted octanol–water partition coefficient (Wildman–Crippen LogP) is 4.36. The molecule has 2 rings (SSSR count). The summed E-state index contributed by atoms with van der Waals surface area (Å²) in [5.74, 6) is 1.41. The lowest BCUT2D eigenvalue weighted by atomic mass is 9.84. The normalized spacial score (nSPS) is 23.0. The highest BCUT2D eigenvalue weighted by Crippen LogP contribution is 2.52. The number of methoxy groups -OCH3 is 1. The maximum atomic E-state index is 6.02. The molecule has 1 aliphatic rings. The van der Waals surface area contributed by atoms with Crippen molar-refractivity contribution in [3.63, 3.8) is 0 Å². The fourth-order valence-corrected chi connectivity index (χ4v) is 3.80. The molecule has 0 spiro atoms. The molecule has 3 unspecified atom stereocenters. The van der Waals surface area contributed by atoms with Crippen molar-refractivity contribution in [3.8, 4) is 0 Å². The number of rotatable bonds is 9. The Balaban J connectivity index is 2.14. The van der Waals surface area contributed by atoms with E-state index >= 15 is 0 Å². The van der Waals surface area contributed by atoms with Crippen LogP contribution in [0.5, 0.6) is 0 Å². The second kappa shape index (κ2) is 7.42. The van der Waals surface area contributed by atoms with Crippen LogP contribution in [0, 0.1) is 5.92 Å². The van der Waals surface area contributed by atoms with Gasteiger partial charge < -0.3 is 10.1 Å². The minimum Gasteiger partial charge on any atom is -0.377 e. The SMILES string of the molecule is CCCNC(C1CC1c1ccccc1)C(CC)(CC)OC. The van der Waals surface area contributed by atoms with Crippen LogP contribution >= 0.6 is 0 Å². The van der Waals surface area contributed by atoms with E-state index in [1.807, 2.05) is 7.11 Å². The van der Waals surface area contributed by atoms with E-state index in [1.165, 1.54) is 18.4 Å². The van der Waals surface area contributed by atoms with Crippen molar-refractivity contribution < 1.29 is 4.74 Å². The quantitative estimate of drug-likeness (QED) is 0.729. The molecule has 1 aromatic carbocycles. The summed E-state index contributed by atoms with van der Waals surface area (Å²) in [5, 5.41) is 3.80. The molecule has 118 valence electrons. The van der Waals surface area contributed by atoms with Crippen LogP contribution in [0.3, 0.4) is 0 Å². The van der Waals surface area contributed by atoms with Gasteiger partial charge in [0.1, 0.15) is 0 Å². The summed E-state index contributed by atoms with van der Waals surface area (Å²) in [4.78, 5) is 0. The molecular weight excluding hydrogens is 258 g/mol. The maximum absolute atomic E-state index is 6.02. The summed E-state index contributed by atoms with van der Waals surface area (Å²) in [6.45, 7) is 7.83. The molecule has 1 N–H and O–H groups in total. The van der Waals surface area contributed by atoms with Crippen molar-refractivity contribution in [3.05, 3.63) is 35.9 Å². The number of hydrogen-bond donors (Lipinski definition) is 1. The first kappa shape index (κ1) is 16.5. The third-order valence-electron chi connectivity index (χ3n) is 5.28. The molecule has 0 aromatic heterocycles. The zero-order valence-electron chi connectivity index (χ0n) is 14.1. The highest BCUT2D eigenvalue weighted by atomic mass is 16.5. The average molecular weight is 289 g/mol. The van der Waals surface area contributed by atoms with Crippen LogP contribution < -0.4 is 5.32 Å². The third kappa shape index (κ3) is 3.49. The van der Waals surface area contributed by atoms with E-state index < -0.39 is 0 Å². The van der Waals surface area contributed by atoms with Crippen LogP contribution in [-0.2, 0) is 4.74 Å². The van der Waals surface area contributed by atoms with Crippen molar-refractivity contribution in [2.24, 2.45) is 5.92 Å². The van der Waals surface area contributed by atoms with Crippen molar-refractivity contribution in [2.75, 3.05) is 13.7 Å². The first-order valence-electron chi connectivity index (χ1n) is 8.55. The zero-order valence-corrected chi connectivity index (χ0v) is 14.1. The lowest BCUT2D eigenvalue weighted by Crippen LogP contribution is -2.53. The Morgan fingerprint density at radius 2 is 1.86 bits per heavy atom. The van der Waals surface area contributed by atoms with Crippen molar-refractivity contribution in [2.45, 2.75) is 64.0 Å². The number of nitrogens with one attached hydrogen (secondary N) is 1. The van der Waals surface area contributed by atoms with Crippen molar-refractivity contribution >= 4 is 0 Å². The van der Waals surface area contributed by atoms with Crippen molar-refractivity contribution in [1.82, 2.24) is 5.32 Å². The minimum atomic E-state index is -0.0244. The summed E-state index contributed by atoms with van der Waals surface area (Å²) in [6, 6.07) is 11.4. The van der Waals surface area contributed by atoms with E-state index in [0.717, 1.165) is 19.4 Å². The number of hydrogen-bond acceptors (Lipinski definition) is 2. The van der Waals surface area contributed by atoms with Gasteiger partial charge in [-0.15, -0.1) is 0 Å². The van der Waals surface area contributed by atoms with E-state index in [4.69, 9.17) is 4.74 Å². The first-order chi connectivity index (χ1) is 10.2. The van der Waals surface area contributed by atoms with Crippen LogP contribution in [0.4, 0.5) is 0 Å². The highest BCUT2D eigenvalue weighted by Gasteiger charge is 2.51. The predicted molar refractivity (Wildman–Crippen MR) is 89.7 cm³/mol. The zero-order chi connectivity index (χ0) is 15.3. The van der Waals surface area contributed by atoms with Gasteiger partial charge in [-0.1, -0.05) is 51.1 Å². The van der Waals surface area contributed by atoms with Gasteiger partial charge in [-0.3, -0.25) is 0 Å². The van der Waals surface area contributed by atoms with E-state index in [1.54, 1.807) is 0 Å². The summed E-state index contributed by atoms with van der Waals surface area (Å²) in [5.41, 5.74) is 1.46. The molecule has 1 saturated carbocycles. The fourth-order valence-electron chi connectivity index (χ4n) is 3.80. The van der Waals surface area contributed by atoms with E-state index in [2.05, 4.69) is 56.4 Å². The molecule has 2 heteroatoms. The molecule has 0 radical (unpaired) electrons. The number of benzene rings is 1. The van der Waals surface area contributed by atoms with Crippen molar-refractivity contribution in [1.29, 1.82) is 0 Å². The van der Waals surface area contributed by atoms with E-state index in [9.17, 15) is 0 Å². The van der Waals surface area contributed by atoms with Gasteiger partial charge in [-0.25, -0.2) is 0 Å². The smallest absolute Gasteiger partial charge is 0.0828 e. The summed E-state index contributed by atoms with van der Waals surface area (Å²) >= 11 is 0. The molecular formula is C19H31NO. The Hall–Kier alpha value is -0.860. The Morgan fingerprint density at radius 1 is 1.19 bits per heavy atom. The number of ether oxygens (including phenoxy) is 1. The second-order valence-corrected chi connectivity index (χ2v) is 6.32. The third-order valence-corrected chi connectivity index (χ3v) is 5.28. The molecule has 3 atom stereocenters. The average Bonchev–Trinajstić information content (AvgIpc) is 3.33. The Labute approximate surface area is 130 Å². The molecule has 0 amide bonds. The summed E-state index contributed by atoms with van der Waals surface area (Å²) in [7, 11) is 1.88. The van der Waals surface area contributed by atoms with Gasteiger partial charge in [-0.2, -0.15) is 0 Å². The molecule has 1 aromatic rings. The minimum absolute atomic E-state index is 0.0244. The second-order valence-electron chi connectivity index (χ2n) is 6.32. The molecule has 1 aliphatic carbocycles. The van der Waals surface area contributed by atoms with Gasteiger partial charge in [-0.05, 0) is 49.6 Å². The molecule has 0 saturated heterocycles. The molecule has 1 fully saturated rings. The van der Waals surface area contributed by atoms with E-state index in [-0.39, 0.29) is 5.60 Å². The molecule has 0 heterocycles. The van der Waals surface area contributed by atoms with Gasteiger partial charge in [0.25, 0.3) is 0 Å². The summed E-state index contributed by atoms with van der Waals surface area (Å²) in [6.07, 6.45) is 4.60. The van der Waals surface area contributed by atoms with Gasteiger partial charge in [0.2, 0.25) is 0 Å². The highest BCUT2D eigenvalue weighted by molar-refractivity contribution is 5.27. The van der Waals surface area contributed by atoms with Crippen LogP contribution in [0.25, 0.3) is 0 Å². The van der Waals surface area contributed by atoms with Gasteiger partial charge >= 0.3 is 0 Å². The first-order valence-corrected chi connectivity index (χ1v) is 8.55. The van der Waals surface area contributed by atoms with Crippen LogP contribution in [0.15, 0.2) is 30.3 Å². The van der Waals surface area contributed by atoms with Crippen LogP contribution in [-0.4, -0.2) is 25.3 Å². The van der Waals surface area contributed by atoms with Gasteiger partial charge in [0.15, 0.2) is 0 Å². The topological polar surface area (TPSA) is 21.3 Å². The van der Waals surface area contributed by atoms with E-state index in [0.29, 0.717) is 17.9 Å². The summed E-state index contributed by atoms with van der Waals surface area (Å²) < 4.78 is 6.02. The monoisotopic (exact) mass is 289 g/mol. The lowest BCUT2D eigenvalue weighted by Gasteiger charge is -2.40. The molecule has 2 nitrogen and oxygen atoms in total. The van der Waals surface area contributed by atoms with Gasteiger partial charge in [0, 0.05) is 13.2 Å². The molecule has 0 aliphatic heterocycles. The standard InChI is InChI=1S/C19H31NO/c1-5-13-20-18(19(6-2,7-3)21-4)17-14-16(17)15-11-9-8-10-12-15/h8-12,16-18,20H,5-7,13-14H2,1-4H3. The Kier molecular flexibility index (Phi) is 5.83. The lowest BCUT2D eigenvalue weighted by molar-refractivity contribution is -0.0536. The largest absolute Gasteiger partial charge is 0.377 e. The van der Waals surface area contributed by atoms with Crippen LogP contribution in [0.1, 0.15) is 57.9 Å². The molecule has 21 heavy (non-hydrogen) atoms. The Bertz CT molecular complexity index is 405. The maximum Gasteiger partial charge on any atom is 0.0828 e. The fraction of sp³-hybridized carbons (Fsp3) is 0.684. The van der Waals surface area contributed by atoms with Crippen LogP contribution in [0.2, 0.25) is 0 Å². The molecule has 0 bridgehead atoms. The van der Waals surface area contributed by atoms with Gasteiger partial charge in [0.05, 0.1) is 5.60 Å².